The average molecular weight is 312 g/mol. The molecule has 0 saturated carbocycles. The first-order chi connectivity index (χ1) is 11.1. The van der Waals surface area contributed by atoms with Gasteiger partial charge in [-0.25, -0.2) is 0 Å². The maximum absolute atomic E-state index is 12.3. The summed E-state index contributed by atoms with van der Waals surface area (Å²) in [7, 11) is 0. The highest BCUT2D eigenvalue weighted by Crippen LogP contribution is 2.10. The van der Waals surface area contributed by atoms with E-state index in [2.05, 4.69) is 10.2 Å². The number of rotatable bonds is 3. The number of hydrogen-bond acceptors (Lipinski definition) is 3. The highest BCUT2D eigenvalue weighted by molar-refractivity contribution is 5.92. The van der Waals surface area contributed by atoms with Gasteiger partial charge in [0.15, 0.2) is 0 Å². The topological polar surface area (TPSA) is 69.3 Å². The first-order valence-corrected chi connectivity index (χ1v) is 7.76. The summed E-state index contributed by atoms with van der Waals surface area (Å²) in [5, 5.41) is 6.79. The second-order valence-corrected chi connectivity index (χ2v) is 5.77. The Morgan fingerprint density at radius 2 is 1.74 bits per heavy atom. The van der Waals surface area contributed by atoms with Gasteiger partial charge in [0.2, 0.25) is 5.91 Å². The summed E-state index contributed by atoms with van der Waals surface area (Å²) < 4.78 is 0. The SMILES string of the molecule is Cc1cc(C(=O)N2CCN(C(=O)Cc3ccccc3)CC2)n[nH]1. The first kappa shape index (κ1) is 15.3. The Morgan fingerprint density at radius 1 is 1.09 bits per heavy atom. The highest BCUT2D eigenvalue weighted by Gasteiger charge is 2.25. The molecular formula is C17H20N4O2. The number of aromatic amines is 1. The number of hydrogen-bond donors (Lipinski definition) is 1. The van der Waals surface area contributed by atoms with Gasteiger partial charge in [0.1, 0.15) is 5.69 Å². The van der Waals surface area contributed by atoms with Gasteiger partial charge in [0.05, 0.1) is 6.42 Å². The Balaban J connectivity index is 1.54. The third-order valence-electron chi connectivity index (χ3n) is 4.04. The summed E-state index contributed by atoms with van der Waals surface area (Å²) >= 11 is 0. The van der Waals surface area contributed by atoms with Crippen LogP contribution in [0.1, 0.15) is 21.7 Å². The van der Waals surface area contributed by atoms with Crippen LogP contribution in [0.2, 0.25) is 0 Å². The number of nitrogens with one attached hydrogen (secondary N) is 1. The van der Waals surface area contributed by atoms with Crippen molar-refractivity contribution in [1.82, 2.24) is 20.0 Å². The number of H-pyrrole nitrogens is 1. The summed E-state index contributed by atoms with van der Waals surface area (Å²) in [6.07, 6.45) is 0.410. The van der Waals surface area contributed by atoms with Crippen LogP contribution in [-0.4, -0.2) is 58.0 Å². The number of aromatic nitrogens is 2. The van der Waals surface area contributed by atoms with Crippen molar-refractivity contribution in [3.63, 3.8) is 0 Å². The summed E-state index contributed by atoms with van der Waals surface area (Å²) in [5.74, 6) is 0.0309. The summed E-state index contributed by atoms with van der Waals surface area (Å²) in [6, 6.07) is 11.5. The van der Waals surface area contributed by atoms with Gasteiger partial charge in [0, 0.05) is 31.9 Å². The van der Waals surface area contributed by atoms with E-state index in [9.17, 15) is 9.59 Å². The lowest BCUT2D eigenvalue weighted by atomic mass is 10.1. The van der Waals surface area contributed by atoms with Crippen molar-refractivity contribution < 1.29 is 9.59 Å². The molecule has 3 rings (SSSR count). The van der Waals surface area contributed by atoms with Crippen LogP contribution < -0.4 is 0 Å². The van der Waals surface area contributed by atoms with Gasteiger partial charge in [-0.1, -0.05) is 30.3 Å². The van der Waals surface area contributed by atoms with E-state index >= 15 is 0 Å². The van der Waals surface area contributed by atoms with Crippen LogP contribution in [0, 0.1) is 6.92 Å². The molecule has 1 N–H and O–H groups in total. The molecule has 120 valence electrons. The molecular weight excluding hydrogens is 292 g/mol. The van der Waals surface area contributed by atoms with E-state index in [1.54, 1.807) is 11.0 Å². The third kappa shape index (κ3) is 3.59. The highest BCUT2D eigenvalue weighted by atomic mass is 16.2. The molecule has 2 amide bonds. The zero-order valence-corrected chi connectivity index (χ0v) is 13.2. The predicted octanol–water partition coefficient (Wildman–Crippen LogP) is 1.25. The molecule has 0 aliphatic carbocycles. The minimum absolute atomic E-state index is 0.0792. The average Bonchev–Trinajstić information content (AvgIpc) is 3.02. The van der Waals surface area contributed by atoms with E-state index in [1.165, 1.54) is 0 Å². The van der Waals surface area contributed by atoms with Crippen LogP contribution in [0.25, 0.3) is 0 Å². The van der Waals surface area contributed by atoms with E-state index in [4.69, 9.17) is 0 Å². The second-order valence-electron chi connectivity index (χ2n) is 5.77. The van der Waals surface area contributed by atoms with Gasteiger partial charge >= 0.3 is 0 Å². The quantitative estimate of drug-likeness (QED) is 0.927. The van der Waals surface area contributed by atoms with E-state index in [-0.39, 0.29) is 11.8 Å². The molecule has 0 spiro atoms. The fraction of sp³-hybridized carbons (Fsp3) is 0.353. The van der Waals surface area contributed by atoms with Gasteiger partial charge in [0.25, 0.3) is 5.91 Å². The van der Waals surface area contributed by atoms with Crippen molar-refractivity contribution in [2.24, 2.45) is 0 Å². The van der Waals surface area contributed by atoms with Crippen LogP contribution in [0.5, 0.6) is 0 Å². The van der Waals surface area contributed by atoms with Gasteiger partial charge < -0.3 is 9.80 Å². The Kier molecular flexibility index (Phi) is 4.41. The fourth-order valence-electron chi connectivity index (χ4n) is 2.73. The molecule has 6 heteroatoms. The standard InChI is InChI=1S/C17H20N4O2/c1-13-11-15(19-18-13)17(23)21-9-7-20(8-10-21)16(22)12-14-5-3-2-4-6-14/h2-6,11H,7-10,12H2,1H3,(H,18,19). The predicted molar refractivity (Wildman–Crippen MR) is 86.0 cm³/mol. The molecule has 1 fully saturated rings. The van der Waals surface area contributed by atoms with E-state index in [0.717, 1.165) is 11.3 Å². The Hall–Kier alpha value is -2.63. The van der Waals surface area contributed by atoms with Crippen molar-refractivity contribution in [3.8, 4) is 0 Å². The Morgan fingerprint density at radius 3 is 2.35 bits per heavy atom. The molecule has 0 unspecified atom stereocenters. The van der Waals surface area contributed by atoms with E-state index in [0.29, 0.717) is 38.3 Å². The first-order valence-electron chi connectivity index (χ1n) is 7.76. The molecule has 0 atom stereocenters. The monoisotopic (exact) mass is 312 g/mol. The summed E-state index contributed by atoms with van der Waals surface area (Å²) in [5.41, 5.74) is 2.32. The largest absolute Gasteiger partial charge is 0.339 e. The Bertz CT molecular complexity index is 688. The lowest BCUT2D eigenvalue weighted by molar-refractivity contribution is -0.131. The fourth-order valence-corrected chi connectivity index (χ4v) is 2.73. The van der Waals surface area contributed by atoms with Crippen LogP contribution in [-0.2, 0) is 11.2 Å². The molecule has 0 radical (unpaired) electrons. The molecule has 1 aromatic heterocycles. The molecule has 2 aromatic rings. The maximum Gasteiger partial charge on any atom is 0.274 e. The molecule has 1 aliphatic heterocycles. The molecule has 6 nitrogen and oxygen atoms in total. The minimum Gasteiger partial charge on any atom is -0.339 e. The van der Waals surface area contributed by atoms with Crippen molar-refractivity contribution in [2.45, 2.75) is 13.3 Å². The van der Waals surface area contributed by atoms with Gasteiger partial charge in [-0.15, -0.1) is 0 Å². The van der Waals surface area contributed by atoms with Crippen molar-refractivity contribution in [2.75, 3.05) is 26.2 Å². The van der Waals surface area contributed by atoms with Crippen molar-refractivity contribution in [3.05, 3.63) is 53.3 Å². The molecule has 1 saturated heterocycles. The minimum atomic E-state index is -0.0792. The summed E-state index contributed by atoms with van der Waals surface area (Å²) in [6.45, 7) is 4.10. The van der Waals surface area contributed by atoms with E-state index in [1.807, 2.05) is 42.2 Å². The number of amides is 2. The molecule has 1 aromatic carbocycles. The lowest BCUT2D eigenvalue weighted by Gasteiger charge is -2.34. The normalized spacial score (nSPS) is 14.8. The maximum atomic E-state index is 12.3. The van der Waals surface area contributed by atoms with Gasteiger partial charge in [-0.2, -0.15) is 5.10 Å². The molecule has 23 heavy (non-hydrogen) atoms. The molecule has 0 bridgehead atoms. The zero-order valence-electron chi connectivity index (χ0n) is 13.2. The third-order valence-corrected chi connectivity index (χ3v) is 4.04. The number of carbonyl (C=O) groups is 2. The van der Waals surface area contributed by atoms with Gasteiger partial charge in [-0.05, 0) is 18.6 Å². The Labute approximate surface area is 135 Å². The number of carbonyl (C=O) groups excluding carboxylic acids is 2. The molecule has 2 heterocycles. The summed E-state index contributed by atoms with van der Waals surface area (Å²) in [4.78, 5) is 28.2. The van der Waals surface area contributed by atoms with Crippen molar-refractivity contribution in [1.29, 1.82) is 0 Å². The van der Waals surface area contributed by atoms with Crippen LogP contribution >= 0.6 is 0 Å². The number of benzene rings is 1. The smallest absolute Gasteiger partial charge is 0.274 e. The van der Waals surface area contributed by atoms with Crippen LogP contribution in [0.15, 0.2) is 36.4 Å². The van der Waals surface area contributed by atoms with E-state index < -0.39 is 0 Å². The second kappa shape index (κ2) is 6.64. The van der Waals surface area contributed by atoms with Crippen molar-refractivity contribution >= 4 is 11.8 Å². The number of nitrogens with zero attached hydrogens (tertiary/aromatic N) is 3. The van der Waals surface area contributed by atoms with Crippen LogP contribution in [0.3, 0.4) is 0 Å². The number of piperazine rings is 1. The lowest BCUT2D eigenvalue weighted by Crippen LogP contribution is -2.51. The number of aryl methyl sites for hydroxylation is 1. The zero-order chi connectivity index (χ0) is 16.2. The molecule has 1 aliphatic rings. The van der Waals surface area contributed by atoms with Gasteiger partial charge in [-0.3, -0.25) is 14.7 Å². The van der Waals surface area contributed by atoms with Crippen LogP contribution in [0.4, 0.5) is 0 Å².